The Hall–Kier alpha value is -1.92. The molecule has 0 unspecified atom stereocenters. The Morgan fingerprint density at radius 2 is 1.85 bits per heavy atom. The zero-order valence-electron chi connectivity index (χ0n) is 15.2. The van der Waals surface area contributed by atoms with Crippen LogP contribution in [0.25, 0.3) is 0 Å². The van der Waals surface area contributed by atoms with Crippen molar-refractivity contribution in [3.8, 4) is 6.07 Å². The summed E-state index contributed by atoms with van der Waals surface area (Å²) in [5.41, 5.74) is -0.579. The molecule has 142 valence electrons. The van der Waals surface area contributed by atoms with Gasteiger partial charge in [-0.3, -0.25) is 4.79 Å². The largest absolute Gasteiger partial charge is 0.360 e. The van der Waals surface area contributed by atoms with Gasteiger partial charge in [-0.05, 0) is 33.1 Å². The number of amides is 1. The van der Waals surface area contributed by atoms with E-state index in [1.807, 2.05) is 0 Å². The maximum atomic E-state index is 13.0. The monoisotopic (exact) mass is 380 g/mol. The van der Waals surface area contributed by atoms with Crippen LogP contribution in [-0.2, 0) is 14.8 Å². The van der Waals surface area contributed by atoms with Gasteiger partial charge in [0.25, 0.3) is 0 Å². The highest BCUT2D eigenvalue weighted by Crippen LogP contribution is 2.39. The maximum Gasteiger partial charge on any atom is 0.248 e. The van der Waals surface area contributed by atoms with E-state index in [2.05, 4.69) is 11.2 Å². The lowest BCUT2D eigenvalue weighted by atomic mass is 9.86. The molecule has 2 fully saturated rings. The second-order valence-corrected chi connectivity index (χ2v) is 8.98. The Kier molecular flexibility index (Phi) is 5.08. The molecule has 0 aromatic carbocycles. The van der Waals surface area contributed by atoms with Gasteiger partial charge in [0.1, 0.15) is 16.0 Å². The number of hydrogen-bond donors (Lipinski definition) is 0. The van der Waals surface area contributed by atoms with Crippen LogP contribution in [0.5, 0.6) is 0 Å². The van der Waals surface area contributed by atoms with Crippen LogP contribution in [0.4, 0.5) is 0 Å². The summed E-state index contributed by atoms with van der Waals surface area (Å²) in [6.45, 7) is 4.49. The molecule has 2 heterocycles. The molecule has 0 radical (unpaired) electrons. The lowest BCUT2D eigenvalue weighted by Gasteiger charge is -2.28. The quantitative estimate of drug-likeness (QED) is 0.788. The first-order valence-electron chi connectivity index (χ1n) is 8.95. The lowest BCUT2D eigenvalue weighted by Crippen LogP contribution is -2.44. The van der Waals surface area contributed by atoms with Crippen LogP contribution in [0.1, 0.15) is 43.6 Å². The van der Waals surface area contributed by atoms with E-state index in [0.29, 0.717) is 44.6 Å². The van der Waals surface area contributed by atoms with Crippen LogP contribution in [0, 0.1) is 30.6 Å². The van der Waals surface area contributed by atoms with Crippen molar-refractivity contribution in [2.24, 2.45) is 5.41 Å². The number of sulfonamides is 1. The lowest BCUT2D eigenvalue weighted by molar-refractivity contribution is -0.138. The van der Waals surface area contributed by atoms with Crippen molar-refractivity contribution in [2.45, 2.75) is 50.8 Å². The third kappa shape index (κ3) is 3.12. The predicted molar refractivity (Wildman–Crippen MR) is 92.4 cm³/mol. The number of carbonyl (C=O) groups excluding carboxylic acids is 1. The summed E-state index contributed by atoms with van der Waals surface area (Å²) >= 11 is 0. The van der Waals surface area contributed by atoms with Gasteiger partial charge in [-0.25, -0.2) is 8.42 Å². The number of aryl methyl sites for hydroxylation is 2. The van der Waals surface area contributed by atoms with Crippen LogP contribution in [0.2, 0.25) is 0 Å². The van der Waals surface area contributed by atoms with E-state index in [4.69, 9.17) is 4.52 Å². The number of nitrogens with zero attached hydrogens (tertiary/aromatic N) is 4. The summed E-state index contributed by atoms with van der Waals surface area (Å²) in [6, 6.07) is 2.23. The minimum atomic E-state index is -3.72. The first kappa shape index (κ1) is 18.9. The van der Waals surface area contributed by atoms with E-state index < -0.39 is 15.4 Å². The third-order valence-corrected chi connectivity index (χ3v) is 7.53. The molecule has 1 aromatic heterocycles. The standard InChI is InChI=1S/C17H24N4O4S/c1-13-15(14(2)25-19-13)26(23,24)21-9-5-8-20(10-11-21)16(22)17(12-18)6-3-4-7-17/h3-11H2,1-2H3. The van der Waals surface area contributed by atoms with Gasteiger partial charge in [0.15, 0.2) is 5.76 Å². The van der Waals surface area contributed by atoms with Gasteiger partial charge >= 0.3 is 0 Å². The molecule has 1 amide bonds. The topological polar surface area (TPSA) is 108 Å². The Balaban J connectivity index is 1.77. The zero-order valence-corrected chi connectivity index (χ0v) is 16.0. The second kappa shape index (κ2) is 7.00. The number of aromatic nitrogens is 1. The highest BCUT2D eigenvalue weighted by Gasteiger charge is 2.44. The molecule has 26 heavy (non-hydrogen) atoms. The average Bonchev–Trinajstić information content (AvgIpc) is 3.13. The maximum absolute atomic E-state index is 13.0. The summed E-state index contributed by atoms with van der Waals surface area (Å²) in [4.78, 5) is 14.7. The molecule has 0 bridgehead atoms. The molecule has 0 spiro atoms. The van der Waals surface area contributed by atoms with Gasteiger partial charge in [0.2, 0.25) is 15.9 Å². The minimum absolute atomic E-state index is 0.113. The SMILES string of the molecule is Cc1noc(C)c1S(=O)(=O)N1CCCN(C(=O)C2(C#N)CCCC2)CC1. The van der Waals surface area contributed by atoms with E-state index >= 15 is 0 Å². The van der Waals surface area contributed by atoms with E-state index in [1.54, 1.807) is 18.7 Å². The second-order valence-electron chi connectivity index (χ2n) is 7.10. The van der Waals surface area contributed by atoms with Gasteiger partial charge in [-0.1, -0.05) is 18.0 Å². The molecule has 2 aliphatic rings. The van der Waals surface area contributed by atoms with Crippen molar-refractivity contribution in [3.63, 3.8) is 0 Å². The highest BCUT2D eigenvalue weighted by atomic mass is 32.2. The van der Waals surface area contributed by atoms with Crippen molar-refractivity contribution in [1.29, 1.82) is 5.26 Å². The molecule has 0 atom stereocenters. The third-order valence-electron chi connectivity index (χ3n) is 5.39. The van der Waals surface area contributed by atoms with Gasteiger partial charge in [-0.2, -0.15) is 9.57 Å². The molecule has 1 aliphatic heterocycles. The molecular formula is C17H24N4O4S. The number of rotatable bonds is 3. The van der Waals surface area contributed by atoms with Crippen molar-refractivity contribution in [2.75, 3.05) is 26.2 Å². The van der Waals surface area contributed by atoms with Crippen molar-refractivity contribution in [1.82, 2.24) is 14.4 Å². The van der Waals surface area contributed by atoms with Crippen molar-refractivity contribution < 1.29 is 17.7 Å². The first-order chi connectivity index (χ1) is 12.3. The summed E-state index contributed by atoms with van der Waals surface area (Å²) in [5.74, 6) is 0.128. The molecule has 1 saturated heterocycles. The average molecular weight is 380 g/mol. The van der Waals surface area contributed by atoms with E-state index in [-0.39, 0.29) is 23.1 Å². The fourth-order valence-corrected chi connectivity index (χ4v) is 5.72. The van der Waals surface area contributed by atoms with Crippen LogP contribution < -0.4 is 0 Å². The summed E-state index contributed by atoms with van der Waals surface area (Å²) in [6.07, 6.45) is 3.51. The van der Waals surface area contributed by atoms with Gasteiger partial charge in [-0.15, -0.1) is 0 Å². The van der Waals surface area contributed by atoms with Crippen LogP contribution in [0.3, 0.4) is 0 Å². The molecule has 8 nitrogen and oxygen atoms in total. The molecule has 1 aromatic rings. The Morgan fingerprint density at radius 3 is 2.42 bits per heavy atom. The van der Waals surface area contributed by atoms with Crippen LogP contribution >= 0.6 is 0 Å². The smallest absolute Gasteiger partial charge is 0.248 e. The first-order valence-corrected chi connectivity index (χ1v) is 10.4. The molecule has 0 N–H and O–H groups in total. The van der Waals surface area contributed by atoms with E-state index in [0.717, 1.165) is 12.8 Å². The number of nitriles is 1. The Bertz CT molecular complexity index is 814. The molecular weight excluding hydrogens is 356 g/mol. The number of hydrogen-bond acceptors (Lipinski definition) is 6. The molecule has 1 aliphatic carbocycles. The summed E-state index contributed by atoms with van der Waals surface area (Å²) < 4.78 is 32.3. The number of carbonyl (C=O) groups is 1. The molecule has 3 rings (SSSR count). The summed E-state index contributed by atoms with van der Waals surface area (Å²) in [7, 11) is -3.72. The fraction of sp³-hybridized carbons (Fsp3) is 0.706. The molecule has 9 heteroatoms. The molecule has 1 saturated carbocycles. The van der Waals surface area contributed by atoms with Crippen molar-refractivity contribution in [3.05, 3.63) is 11.5 Å². The Morgan fingerprint density at radius 1 is 1.15 bits per heavy atom. The van der Waals surface area contributed by atoms with Crippen LogP contribution in [-0.4, -0.2) is 54.9 Å². The van der Waals surface area contributed by atoms with Gasteiger partial charge in [0.05, 0.1) is 6.07 Å². The summed E-state index contributed by atoms with van der Waals surface area (Å²) in [5, 5.41) is 13.3. The van der Waals surface area contributed by atoms with Crippen molar-refractivity contribution >= 4 is 15.9 Å². The normalized spacial score (nSPS) is 21.3. The Labute approximate surface area is 153 Å². The fourth-order valence-electron chi connectivity index (χ4n) is 3.96. The van der Waals surface area contributed by atoms with Gasteiger partial charge < -0.3 is 9.42 Å². The van der Waals surface area contributed by atoms with E-state index in [9.17, 15) is 18.5 Å². The van der Waals surface area contributed by atoms with Gasteiger partial charge in [0, 0.05) is 26.2 Å². The van der Waals surface area contributed by atoms with E-state index in [1.165, 1.54) is 4.31 Å². The zero-order chi connectivity index (χ0) is 18.9. The van der Waals surface area contributed by atoms with Crippen LogP contribution in [0.15, 0.2) is 9.42 Å². The highest BCUT2D eigenvalue weighted by molar-refractivity contribution is 7.89. The predicted octanol–water partition coefficient (Wildman–Crippen LogP) is 1.60. The minimum Gasteiger partial charge on any atom is -0.360 e.